The van der Waals surface area contributed by atoms with Crippen LogP contribution in [-0.4, -0.2) is 63.0 Å². The van der Waals surface area contributed by atoms with E-state index in [1.807, 2.05) is 48.5 Å². The summed E-state index contributed by atoms with van der Waals surface area (Å²) < 4.78 is 10.3. The maximum atomic E-state index is 13.1. The van der Waals surface area contributed by atoms with Crippen LogP contribution in [0.4, 0.5) is 11.4 Å². The zero-order valence-electron chi connectivity index (χ0n) is 23.7. The van der Waals surface area contributed by atoms with Crippen LogP contribution in [-0.2, 0) is 32.0 Å². The lowest BCUT2D eigenvalue weighted by atomic mass is 10.1. The smallest absolute Gasteiger partial charge is 0.251 e. The molecule has 2 heterocycles. The van der Waals surface area contributed by atoms with E-state index in [4.69, 9.17) is 9.47 Å². The second-order valence-electron chi connectivity index (χ2n) is 10.3. The van der Waals surface area contributed by atoms with E-state index in [0.717, 1.165) is 32.4 Å². The van der Waals surface area contributed by atoms with Crippen molar-refractivity contribution in [3.05, 3.63) is 83.9 Å². The molecule has 2 aliphatic rings. The number of anilines is 2. The highest BCUT2D eigenvalue weighted by atomic mass is 16.5. The molecule has 0 bridgehead atoms. The predicted molar refractivity (Wildman–Crippen MR) is 158 cm³/mol. The Kier molecular flexibility index (Phi) is 8.94. The van der Waals surface area contributed by atoms with Crippen LogP contribution in [0.1, 0.15) is 24.0 Å². The Hall–Kier alpha value is -4.54. The summed E-state index contributed by atoms with van der Waals surface area (Å²) >= 11 is 0. The first-order valence-electron chi connectivity index (χ1n) is 13.9. The van der Waals surface area contributed by atoms with Crippen molar-refractivity contribution in [3.63, 3.8) is 0 Å². The fourth-order valence-electron chi connectivity index (χ4n) is 5.24. The lowest BCUT2D eigenvalue weighted by molar-refractivity contribution is -0.123. The van der Waals surface area contributed by atoms with Crippen molar-refractivity contribution in [1.29, 1.82) is 0 Å². The molecule has 2 fully saturated rings. The van der Waals surface area contributed by atoms with Crippen LogP contribution in [0.25, 0.3) is 0 Å². The van der Waals surface area contributed by atoms with Crippen LogP contribution in [0.3, 0.4) is 0 Å². The fourth-order valence-corrected chi connectivity index (χ4v) is 5.24. The normalized spacial score (nSPS) is 18.7. The molecule has 3 aromatic rings. The molecule has 2 N–H and O–H groups in total. The van der Waals surface area contributed by atoms with Gasteiger partial charge in [-0.05, 0) is 85.6 Å². The van der Waals surface area contributed by atoms with E-state index in [-0.39, 0.29) is 36.5 Å². The molecule has 0 aromatic heterocycles. The van der Waals surface area contributed by atoms with Gasteiger partial charge in [0.1, 0.15) is 11.5 Å². The first kappa shape index (κ1) is 29.0. The molecule has 42 heavy (non-hydrogen) atoms. The fraction of sp³-hybridized carbons (Fsp3) is 0.312. The van der Waals surface area contributed by atoms with E-state index < -0.39 is 12.1 Å². The Morgan fingerprint density at radius 3 is 1.29 bits per heavy atom. The quantitative estimate of drug-likeness (QED) is 0.319. The van der Waals surface area contributed by atoms with Crippen LogP contribution in [0.15, 0.2) is 72.8 Å². The van der Waals surface area contributed by atoms with Gasteiger partial charge in [-0.2, -0.15) is 0 Å². The summed E-state index contributed by atoms with van der Waals surface area (Å²) in [4.78, 5) is 53.9. The van der Waals surface area contributed by atoms with Gasteiger partial charge in [-0.1, -0.05) is 24.3 Å². The largest absolute Gasteiger partial charge is 0.497 e. The van der Waals surface area contributed by atoms with E-state index >= 15 is 0 Å². The number of nitrogens with zero attached hydrogens (tertiary/aromatic N) is 2. The van der Waals surface area contributed by atoms with Gasteiger partial charge in [-0.15, -0.1) is 0 Å². The van der Waals surface area contributed by atoms with Crippen LogP contribution >= 0.6 is 0 Å². The minimum absolute atomic E-state index is 0.0656. The van der Waals surface area contributed by atoms with E-state index in [1.165, 1.54) is 0 Å². The zero-order valence-corrected chi connectivity index (χ0v) is 23.7. The molecule has 0 aliphatic carbocycles. The van der Waals surface area contributed by atoms with Crippen molar-refractivity contribution in [2.45, 2.75) is 37.8 Å². The molecule has 0 radical (unpaired) electrons. The van der Waals surface area contributed by atoms with Crippen LogP contribution in [0.5, 0.6) is 11.5 Å². The van der Waals surface area contributed by atoms with Crippen molar-refractivity contribution < 1.29 is 28.7 Å². The van der Waals surface area contributed by atoms with E-state index in [1.54, 1.807) is 38.5 Å². The van der Waals surface area contributed by atoms with E-state index in [2.05, 4.69) is 10.6 Å². The molecule has 4 amide bonds. The number of ether oxygens (including phenoxy) is 2. The molecule has 2 atom stereocenters. The third-order valence-corrected chi connectivity index (χ3v) is 7.59. The number of hydrogen-bond donors (Lipinski definition) is 2. The number of carbonyl (C=O) groups is 4. The summed E-state index contributed by atoms with van der Waals surface area (Å²) in [6, 6.07) is 20.5. The van der Waals surface area contributed by atoms with Gasteiger partial charge in [0.2, 0.25) is 11.8 Å². The van der Waals surface area contributed by atoms with Crippen molar-refractivity contribution in [2.24, 2.45) is 0 Å². The van der Waals surface area contributed by atoms with Crippen LogP contribution in [0.2, 0.25) is 0 Å². The Morgan fingerprint density at radius 2 is 0.952 bits per heavy atom. The molecule has 0 spiro atoms. The highest BCUT2D eigenvalue weighted by Gasteiger charge is 2.41. The van der Waals surface area contributed by atoms with Crippen LogP contribution in [0, 0.1) is 0 Å². The SMILES string of the molecule is COc1ccc(CCNC2CC(=O)N(c3ccc(N4C(=O)CC(NCCc5ccc(OC)cc5)C4=O)cc3)C2=O)cc1. The molecule has 10 nitrogen and oxygen atoms in total. The summed E-state index contributed by atoms with van der Waals surface area (Å²) in [5, 5.41) is 6.38. The molecule has 2 saturated heterocycles. The van der Waals surface area contributed by atoms with Crippen molar-refractivity contribution in [1.82, 2.24) is 10.6 Å². The Labute approximate surface area is 244 Å². The van der Waals surface area contributed by atoms with Gasteiger partial charge in [-0.25, -0.2) is 9.80 Å². The number of hydrogen-bond acceptors (Lipinski definition) is 8. The minimum Gasteiger partial charge on any atom is -0.497 e. The van der Waals surface area contributed by atoms with Gasteiger partial charge in [0.05, 0.1) is 50.5 Å². The summed E-state index contributed by atoms with van der Waals surface area (Å²) in [5.74, 6) is 0.309. The molecule has 10 heteroatoms. The van der Waals surface area contributed by atoms with Crippen molar-refractivity contribution >= 4 is 35.0 Å². The minimum atomic E-state index is -0.609. The third-order valence-electron chi connectivity index (χ3n) is 7.59. The summed E-state index contributed by atoms with van der Waals surface area (Å²) in [7, 11) is 3.23. The molecule has 3 aromatic carbocycles. The number of methoxy groups -OCH3 is 2. The Bertz CT molecular complexity index is 1330. The van der Waals surface area contributed by atoms with Gasteiger partial charge in [0.15, 0.2) is 0 Å². The maximum Gasteiger partial charge on any atom is 0.251 e. The molecule has 2 aliphatic heterocycles. The zero-order chi connectivity index (χ0) is 29.6. The number of carbonyl (C=O) groups excluding carboxylic acids is 4. The molecule has 218 valence electrons. The third kappa shape index (κ3) is 6.35. The van der Waals surface area contributed by atoms with E-state index in [9.17, 15) is 19.2 Å². The monoisotopic (exact) mass is 570 g/mol. The van der Waals surface area contributed by atoms with Crippen molar-refractivity contribution in [2.75, 3.05) is 37.1 Å². The maximum absolute atomic E-state index is 13.1. The lowest BCUT2D eigenvalue weighted by Crippen LogP contribution is -2.40. The Morgan fingerprint density at radius 1 is 0.595 bits per heavy atom. The molecule has 2 unspecified atom stereocenters. The molecule has 5 rings (SSSR count). The summed E-state index contributed by atoms with van der Waals surface area (Å²) in [6.07, 6.45) is 1.53. The number of rotatable bonds is 12. The van der Waals surface area contributed by atoms with Gasteiger partial charge < -0.3 is 20.1 Å². The highest BCUT2D eigenvalue weighted by Crippen LogP contribution is 2.28. The molecular weight excluding hydrogens is 536 g/mol. The number of amides is 4. The van der Waals surface area contributed by atoms with Crippen LogP contribution < -0.4 is 29.9 Å². The number of benzene rings is 3. The predicted octanol–water partition coefficient (Wildman–Crippen LogP) is 2.63. The molecule has 0 saturated carbocycles. The van der Waals surface area contributed by atoms with Gasteiger partial charge >= 0.3 is 0 Å². The first-order chi connectivity index (χ1) is 20.4. The topological polar surface area (TPSA) is 117 Å². The first-order valence-corrected chi connectivity index (χ1v) is 13.9. The molecular formula is C32H34N4O6. The van der Waals surface area contributed by atoms with Gasteiger partial charge in [-0.3, -0.25) is 19.2 Å². The van der Waals surface area contributed by atoms with Crippen molar-refractivity contribution in [3.8, 4) is 11.5 Å². The van der Waals surface area contributed by atoms with Gasteiger partial charge in [0, 0.05) is 0 Å². The second kappa shape index (κ2) is 13.0. The summed E-state index contributed by atoms with van der Waals surface area (Å²) in [6.45, 7) is 1.08. The number of imide groups is 2. The van der Waals surface area contributed by atoms with E-state index in [0.29, 0.717) is 37.3 Å². The summed E-state index contributed by atoms with van der Waals surface area (Å²) in [5.41, 5.74) is 2.99. The average molecular weight is 571 g/mol. The highest BCUT2D eigenvalue weighted by molar-refractivity contribution is 6.24. The number of nitrogens with one attached hydrogen (secondary N) is 2. The Balaban J connectivity index is 1.14. The second-order valence-corrected chi connectivity index (χ2v) is 10.3. The average Bonchev–Trinajstić information content (AvgIpc) is 3.46. The standard InChI is InChI=1S/C32H34N4O6/c1-41-25-11-3-21(4-12-25)15-17-33-27-19-29(37)35(31(27)39)23-7-9-24(10-8-23)36-30(38)20-28(32(36)40)34-18-16-22-5-13-26(42-2)14-6-22/h3-14,27-28,33-34H,15-20H2,1-2H3. The van der Waals surface area contributed by atoms with Gasteiger partial charge in [0.25, 0.3) is 11.8 Å². The lowest BCUT2D eigenvalue weighted by Gasteiger charge is -2.19.